The van der Waals surface area contributed by atoms with Crippen LogP contribution in [0.15, 0.2) is 18.2 Å². The van der Waals surface area contributed by atoms with Crippen molar-refractivity contribution in [1.29, 1.82) is 0 Å². The zero-order valence-electron chi connectivity index (χ0n) is 14.5. The van der Waals surface area contributed by atoms with Crippen molar-refractivity contribution in [3.05, 3.63) is 23.8 Å². The summed E-state index contributed by atoms with van der Waals surface area (Å²) in [5, 5.41) is 3.65. The Kier molecular flexibility index (Phi) is 5.25. The summed E-state index contributed by atoms with van der Waals surface area (Å²) < 4.78 is 10.9. The second-order valence-electron chi connectivity index (χ2n) is 7.03. The molecule has 1 aromatic rings. The quantitative estimate of drug-likeness (QED) is 0.866. The summed E-state index contributed by atoms with van der Waals surface area (Å²) >= 11 is 1.93. The number of nitrogens with one attached hydrogen (secondary N) is 1. The number of fused-ring (bicyclic) bond motifs is 1. The lowest BCUT2D eigenvalue weighted by atomic mass is 9.96. The van der Waals surface area contributed by atoms with Crippen LogP contribution < -0.4 is 14.8 Å². The van der Waals surface area contributed by atoms with Gasteiger partial charge < -0.3 is 19.7 Å². The maximum atomic E-state index is 12.6. The molecule has 1 saturated carbocycles. The normalized spacial score (nSPS) is 24.0. The molecule has 1 atom stereocenters. The molecule has 0 aromatic heterocycles. The molecule has 2 heterocycles. The third-order valence-electron chi connectivity index (χ3n) is 5.33. The van der Waals surface area contributed by atoms with E-state index in [2.05, 4.69) is 17.4 Å². The van der Waals surface area contributed by atoms with Crippen LogP contribution in [-0.2, 0) is 0 Å². The Morgan fingerprint density at radius 1 is 1.08 bits per heavy atom. The Morgan fingerprint density at radius 2 is 1.92 bits per heavy atom. The van der Waals surface area contributed by atoms with Gasteiger partial charge in [-0.2, -0.15) is 11.8 Å². The largest absolute Gasteiger partial charge is 0.454 e. The average molecular weight is 362 g/mol. The number of hydrogen-bond donors (Lipinski definition) is 1. The number of hydrogen-bond acceptors (Lipinski definition) is 4. The smallest absolute Gasteiger partial charge is 0.317 e. The lowest BCUT2D eigenvalue weighted by molar-refractivity contribution is 0.174. The highest BCUT2D eigenvalue weighted by atomic mass is 32.2. The Morgan fingerprint density at radius 3 is 2.80 bits per heavy atom. The monoisotopic (exact) mass is 362 g/mol. The number of carbonyl (C=O) groups is 1. The lowest BCUT2D eigenvalue weighted by Gasteiger charge is -2.27. The van der Waals surface area contributed by atoms with Gasteiger partial charge in [-0.3, -0.25) is 0 Å². The molecular formula is C19H26N2O3S. The zero-order valence-corrected chi connectivity index (χ0v) is 15.4. The molecule has 136 valence electrons. The number of nitrogens with zero attached hydrogens (tertiary/aromatic N) is 1. The summed E-state index contributed by atoms with van der Waals surface area (Å²) in [7, 11) is 0. The third-order valence-corrected chi connectivity index (χ3v) is 6.66. The number of rotatable bonds is 2. The van der Waals surface area contributed by atoms with Crippen molar-refractivity contribution in [1.82, 2.24) is 10.2 Å². The van der Waals surface area contributed by atoms with E-state index in [-0.39, 0.29) is 6.03 Å². The highest BCUT2D eigenvalue weighted by molar-refractivity contribution is 7.99. The number of amides is 2. The van der Waals surface area contributed by atoms with Gasteiger partial charge in [0.15, 0.2) is 11.5 Å². The fraction of sp³-hybridized carbons (Fsp3) is 0.632. The van der Waals surface area contributed by atoms with Gasteiger partial charge >= 0.3 is 6.03 Å². The molecule has 1 N–H and O–H groups in total. The summed E-state index contributed by atoms with van der Waals surface area (Å²) in [6, 6.07) is 6.72. The van der Waals surface area contributed by atoms with E-state index in [1.165, 1.54) is 24.8 Å². The number of thioether (sulfide) groups is 1. The summed E-state index contributed by atoms with van der Waals surface area (Å²) in [5.74, 6) is 2.64. The molecule has 1 saturated heterocycles. The van der Waals surface area contributed by atoms with Crippen LogP contribution in [0.3, 0.4) is 0 Å². The predicted octanol–water partition coefficient (Wildman–Crippen LogP) is 3.94. The van der Waals surface area contributed by atoms with Gasteiger partial charge in [0.1, 0.15) is 0 Å². The third kappa shape index (κ3) is 4.00. The number of urea groups is 1. The van der Waals surface area contributed by atoms with E-state index in [0.717, 1.165) is 49.6 Å². The predicted molar refractivity (Wildman–Crippen MR) is 99.4 cm³/mol. The van der Waals surface area contributed by atoms with Crippen molar-refractivity contribution in [3.8, 4) is 11.5 Å². The van der Waals surface area contributed by atoms with Crippen LogP contribution in [0.2, 0.25) is 0 Å². The molecule has 2 amide bonds. The van der Waals surface area contributed by atoms with Crippen LogP contribution >= 0.6 is 11.8 Å². The molecule has 2 fully saturated rings. The SMILES string of the molecule is O=C(NC1CCCCC1)N1CCSC(c2ccc3c(c2)OCO3)CC1. The van der Waals surface area contributed by atoms with Crippen LogP contribution in [-0.4, -0.2) is 42.6 Å². The minimum absolute atomic E-state index is 0.124. The van der Waals surface area contributed by atoms with Gasteiger partial charge in [0.05, 0.1) is 0 Å². The first-order chi connectivity index (χ1) is 12.3. The molecule has 0 spiro atoms. The van der Waals surface area contributed by atoms with E-state index in [4.69, 9.17) is 9.47 Å². The molecular weight excluding hydrogens is 336 g/mol. The molecule has 4 rings (SSSR count). The number of carbonyl (C=O) groups excluding carboxylic acids is 1. The van der Waals surface area contributed by atoms with Crippen LogP contribution in [0.1, 0.15) is 49.3 Å². The lowest BCUT2D eigenvalue weighted by Crippen LogP contribution is -2.46. The van der Waals surface area contributed by atoms with Gasteiger partial charge in [0, 0.05) is 30.1 Å². The Hall–Kier alpha value is -1.56. The Bertz CT molecular complexity index is 619. The Balaban J connectivity index is 1.34. The standard InChI is InChI=1S/C19H26N2O3S/c22-19(20-15-4-2-1-3-5-15)21-9-8-18(25-11-10-21)14-6-7-16-17(12-14)24-13-23-16/h6-7,12,15,18H,1-5,8-11,13H2,(H,20,22). The van der Waals surface area contributed by atoms with Crippen molar-refractivity contribution < 1.29 is 14.3 Å². The van der Waals surface area contributed by atoms with Gasteiger partial charge in [-0.05, 0) is 37.0 Å². The zero-order chi connectivity index (χ0) is 17.1. The molecule has 1 aliphatic carbocycles. The van der Waals surface area contributed by atoms with Crippen molar-refractivity contribution in [2.45, 2.75) is 49.8 Å². The highest BCUT2D eigenvalue weighted by Crippen LogP contribution is 2.40. The van der Waals surface area contributed by atoms with Gasteiger partial charge in [-0.15, -0.1) is 0 Å². The van der Waals surface area contributed by atoms with Crippen LogP contribution in [0, 0.1) is 0 Å². The second-order valence-corrected chi connectivity index (χ2v) is 8.34. The highest BCUT2D eigenvalue weighted by Gasteiger charge is 2.25. The summed E-state index contributed by atoms with van der Waals surface area (Å²) in [6.07, 6.45) is 7.04. The molecule has 25 heavy (non-hydrogen) atoms. The minimum atomic E-state index is 0.124. The summed E-state index contributed by atoms with van der Waals surface area (Å²) in [4.78, 5) is 14.6. The van der Waals surface area contributed by atoms with Crippen LogP contribution in [0.25, 0.3) is 0 Å². The van der Waals surface area contributed by atoms with E-state index in [1.807, 2.05) is 22.7 Å². The number of ether oxygens (including phenoxy) is 2. The van der Waals surface area contributed by atoms with Gasteiger partial charge in [0.25, 0.3) is 0 Å². The molecule has 6 heteroatoms. The summed E-state index contributed by atoms with van der Waals surface area (Å²) in [6.45, 7) is 1.95. The fourth-order valence-corrected chi connectivity index (χ4v) is 5.09. The first kappa shape index (κ1) is 16.9. The van der Waals surface area contributed by atoms with E-state index in [0.29, 0.717) is 18.1 Å². The maximum Gasteiger partial charge on any atom is 0.317 e. The first-order valence-electron chi connectivity index (χ1n) is 9.36. The maximum absolute atomic E-state index is 12.6. The van der Waals surface area contributed by atoms with Gasteiger partial charge in [-0.25, -0.2) is 4.79 Å². The second kappa shape index (κ2) is 7.77. The fourth-order valence-electron chi connectivity index (χ4n) is 3.87. The van der Waals surface area contributed by atoms with Crippen molar-refractivity contribution in [3.63, 3.8) is 0 Å². The van der Waals surface area contributed by atoms with Crippen LogP contribution in [0.4, 0.5) is 4.79 Å². The topological polar surface area (TPSA) is 50.8 Å². The van der Waals surface area contributed by atoms with Crippen molar-refractivity contribution >= 4 is 17.8 Å². The van der Waals surface area contributed by atoms with E-state index in [1.54, 1.807) is 0 Å². The number of benzene rings is 1. The molecule has 3 aliphatic rings. The molecule has 2 aliphatic heterocycles. The summed E-state index contributed by atoms with van der Waals surface area (Å²) in [5.41, 5.74) is 1.27. The van der Waals surface area contributed by atoms with E-state index >= 15 is 0 Å². The van der Waals surface area contributed by atoms with Gasteiger partial charge in [0.2, 0.25) is 6.79 Å². The van der Waals surface area contributed by atoms with E-state index < -0.39 is 0 Å². The van der Waals surface area contributed by atoms with E-state index in [9.17, 15) is 4.79 Å². The molecule has 1 aromatic carbocycles. The minimum Gasteiger partial charge on any atom is -0.454 e. The molecule has 0 bridgehead atoms. The van der Waals surface area contributed by atoms with Crippen molar-refractivity contribution in [2.24, 2.45) is 0 Å². The molecule has 0 radical (unpaired) electrons. The average Bonchev–Trinajstić information content (AvgIpc) is 2.97. The van der Waals surface area contributed by atoms with Crippen molar-refractivity contribution in [2.75, 3.05) is 25.6 Å². The Labute approximate surface area is 153 Å². The van der Waals surface area contributed by atoms with Gasteiger partial charge in [-0.1, -0.05) is 25.3 Å². The van der Waals surface area contributed by atoms with Crippen LogP contribution in [0.5, 0.6) is 11.5 Å². The first-order valence-corrected chi connectivity index (χ1v) is 10.4. The molecule has 5 nitrogen and oxygen atoms in total. The molecule has 1 unspecified atom stereocenters.